The Bertz CT molecular complexity index is 563. The van der Waals surface area contributed by atoms with Gasteiger partial charge >= 0.3 is 0 Å². The number of nitrogens with zero attached hydrogens (tertiary/aromatic N) is 2. The lowest BCUT2D eigenvalue weighted by molar-refractivity contribution is 0.536. The van der Waals surface area contributed by atoms with Crippen LogP contribution in [0.5, 0.6) is 0 Å². The van der Waals surface area contributed by atoms with Crippen LogP contribution in [0.1, 0.15) is 43.0 Å². The zero-order chi connectivity index (χ0) is 14.5. The summed E-state index contributed by atoms with van der Waals surface area (Å²) < 4.78 is 15.0. The average molecular weight is 275 g/mol. The van der Waals surface area contributed by atoms with E-state index in [0.717, 1.165) is 24.1 Å². The third kappa shape index (κ3) is 3.45. The van der Waals surface area contributed by atoms with Crippen LogP contribution in [0.15, 0.2) is 30.6 Å². The molecule has 0 saturated heterocycles. The molecule has 1 N–H and O–H groups in total. The minimum atomic E-state index is -0.189. The predicted molar refractivity (Wildman–Crippen MR) is 79.2 cm³/mol. The topological polar surface area (TPSA) is 29.9 Å². The molecule has 0 fully saturated rings. The molecule has 0 aliphatic heterocycles. The third-order valence-corrected chi connectivity index (χ3v) is 3.55. The van der Waals surface area contributed by atoms with Crippen molar-refractivity contribution in [3.63, 3.8) is 0 Å². The van der Waals surface area contributed by atoms with Crippen molar-refractivity contribution in [3.8, 4) is 0 Å². The Labute approximate surface area is 119 Å². The largest absolute Gasteiger partial charge is 0.310 e. The Hall–Kier alpha value is -1.68. The van der Waals surface area contributed by atoms with Gasteiger partial charge in [0, 0.05) is 17.8 Å². The first-order valence-electron chi connectivity index (χ1n) is 7.14. The minimum absolute atomic E-state index is 0.189. The maximum atomic E-state index is 13.1. The van der Waals surface area contributed by atoms with Crippen molar-refractivity contribution in [3.05, 3.63) is 53.1 Å². The molecule has 2 rings (SSSR count). The highest BCUT2D eigenvalue weighted by Crippen LogP contribution is 2.17. The van der Waals surface area contributed by atoms with Gasteiger partial charge in [0.05, 0.1) is 12.7 Å². The lowest BCUT2D eigenvalue weighted by Gasteiger charge is -2.13. The minimum Gasteiger partial charge on any atom is -0.310 e. The van der Waals surface area contributed by atoms with Crippen LogP contribution in [0.4, 0.5) is 4.39 Å². The summed E-state index contributed by atoms with van der Waals surface area (Å²) in [5.41, 5.74) is 3.26. The van der Waals surface area contributed by atoms with Crippen LogP contribution in [-0.2, 0) is 6.54 Å². The van der Waals surface area contributed by atoms with Gasteiger partial charge in [0.2, 0.25) is 0 Å². The van der Waals surface area contributed by atoms with Gasteiger partial charge in [0.15, 0.2) is 0 Å². The smallest absolute Gasteiger partial charge is 0.123 e. The first-order chi connectivity index (χ1) is 9.63. The number of hydrogen-bond acceptors (Lipinski definition) is 2. The molecule has 4 heteroatoms. The Balaban J connectivity index is 2.12. The molecule has 2 aromatic rings. The Morgan fingerprint density at radius 1 is 1.35 bits per heavy atom. The average Bonchev–Trinajstić information content (AvgIpc) is 2.87. The maximum Gasteiger partial charge on any atom is 0.123 e. The van der Waals surface area contributed by atoms with Gasteiger partial charge in [0.25, 0.3) is 0 Å². The second kappa shape index (κ2) is 6.66. The number of nitrogens with one attached hydrogen (secondary N) is 1. The molecule has 1 aromatic carbocycles. The number of halogens is 1. The molecular weight excluding hydrogens is 253 g/mol. The molecule has 1 heterocycles. The van der Waals surface area contributed by atoms with E-state index < -0.39 is 0 Å². The molecule has 108 valence electrons. The molecule has 1 aromatic heterocycles. The van der Waals surface area contributed by atoms with Gasteiger partial charge in [-0.2, -0.15) is 5.10 Å². The van der Waals surface area contributed by atoms with Gasteiger partial charge in [-0.25, -0.2) is 4.39 Å². The molecule has 0 aliphatic carbocycles. The van der Waals surface area contributed by atoms with Gasteiger partial charge in [-0.1, -0.05) is 19.9 Å². The monoisotopic (exact) mass is 275 g/mol. The second-order valence-corrected chi connectivity index (χ2v) is 5.06. The van der Waals surface area contributed by atoms with Crippen molar-refractivity contribution in [2.24, 2.45) is 0 Å². The molecule has 1 unspecified atom stereocenters. The molecule has 0 bridgehead atoms. The number of hydrogen-bond donors (Lipinski definition) is 1. The van der Waals surface area contributed by atoms with Gasteiger partial charge in [-0.15, -0.1) is 0 Å². The zero-order valence-electron chi connectivity index (χ0n) is 12.4. The summed E-state index contributed by atoms with van der Waals surface area (Å²) in [7, 11) is 0. The van der Waals surface area contributed by atoms with Gasteiger partial charge in [0.1, 0.15) is 5.82 Å². The molecule has 0 saturated carbocycles. The van der Waals surface area contributed by atoms with Crippen LogP contribution in [-0.4, -0.2) is 16.3 Å². The zero-order valence-corrected chi connectivity index (χ0v) is 12.4. The maximum absolute atomic E-state index is 13.1. The summed E-state index contributed by atoms with van der Waals surface area (Å²) in [6.45, 7) is 7.81. The SMILES string of the molecule is CCNC(CC)c1cnn(Cc2ccc(F)cc2C)c1. The summed E-state index contributed by atoms with van der Waals surface area (Å²) in [6.07, 6.45) is 5.02. The highest BCUT2D eigenvalue weighted by Gasteiger charge is 2.10. The first-order valence-corrected chi connectivity index (χ1v) is 7.14. The van der Waals surface area contributed by atoms with E-state index >= 15 is 0 Å². The quantitative estimate of drug-likeness (QED) is 0.875. The fourth-order valence-corrected chi connectivity index (χ4v) is 2.40. The van der Waals surface area contributed by atoms with E-state index in [1.165, 1.54) is 11.6 Å². The summed E-state index contributed by atoms with van der Waals surface area (Å²) >= 11 is 0. The van der Waals surface area contributed by atoms with E-state index in [0.29, 0.717) is 12.6 Å². The van der Waals surface area contributed by atoms with Gasteiger partial charge < -0.3 is 5.32 Å². The fourth-order valence-electron chi connectivity index (χ4n) is 2.40. The van der Waals surface area contributed by atoms with E-state index in [9.17, 15) is 4.39 Å². The van der Waals surface area contributed by atoms with Crippen molar-refractivity contribution >= 4 is 0 Å². The van der Waals surface area contributed by atoms with E-state index in [-0.39, 0.29) is 5.82 Å². The van der Waals surface area contributed by atoms with Gasteiger partial charge in [-0.3, -0.25) is 4.68 Å². The van der Waals surface area contributed by atoms with Crippen molar-refractivity contribution in [2.45, 2.75) is 39.8 Å². The van der Waals surface area contributed by atoms with E-state index in [1.54, 1.807) is 6.07 Å². The number of rotatable bonds is 6. The molecule has 20 heavy (non-hydrogen) atoms. The standard InChI is InChI=1S/C16H22FN3/c1-4-16(18-5-2)14-9-19-20(11-14)10-13-6-7-15(17)8-12(13)3/h6-9,11,16,18H,4-5,10H2,1-3H3. The summed E-state index contributed by atoms with van der Waals surface area (Å²) in [6, 6.07) is 5.24. The van der Waals surface area contributed by atoms with Crippen LogP contribution >= 0.6 is 0 Å². The number of aromatic nitrogens is 2. The van der Waals surface area contributed by atoms with Crippen LogP contribution in [0, 0.1) is 12.7 Å². The normalized spacial score (nSPS) is 12.6. The van der Waals surface area contributed by atoms with E-state index in [1.807, 2.05) is 23.9 Å². The predicted octanol–water partition coefficient (Wildman–Crippen LogP) is 3.44. The summed E-state index contributed by atoms with van der Waals surface area (Å²) in [5.74, 6) is -0.189. The molecule has 0 radical (unpaired) electrons. The van der Waals surface area contributed by atoms with Crippen LogP contribution in [0.3, 0.4) is 0 Å². The molecule has 3 nitrogen and oxygen atoms in total. The van der Waals surface area contributed by atoms with Crippen LogP contribution in [0.25, 0.3) is 0 Å². The van der Waals surface area contributed by atoms with Crippen molar-refractivity contribution in [2.75, 3.05) is 6.54 Å². The lowest BCUT2D eigenvalue weighted by atomic mass is 10.1. The van der Waals surface area contributed by atoms with E-state index in [2.05, 4.69) is 30.5 Å². The molecule has 0 spiro atoms. The second-order valence-electron chi connectivity index (χ2n) is 5.06. The number of benzene rings is 1. The van der Waals surface area contributed by atoms with Crippen molar-refractivity contribution in [1.82, 2.24) is 15.1 Å². The summed E-state index contributed by atoms with van der Waals surface area (Å²) in [4.78, 5) is 0. The molecule has 0 aliphatic rings. The number of aryl methyl sites for hydroxylation is 1. The first kappa shape index (κ1) is 14.7. The summed E-state index contributed by atoms with van der Waals surface area (Å²) in [5, 5.41) is 7.85. The Kier molecular flexibility index (Phi) is 4.90. The van der Waals surface area contributed by atoms with Gasteiger partial charge in [-0.05, 0) is 43.1 Å². The Morgan fingerprint density at radius 3 is 2.80 bits per heavy atom. The van der Waals surface area contributed by atoms with Crippen LogP contribution in [0.2, 0.25) is 0 Å². The molecule has 1 atom stereocenters. The highest BCUT2D eigenvalue weighted by atomic mass is 19.1. The fraction of sp³-hybridized carbons (Fsp3) is 0.438. The van der Waals surface area contributed by atoms with E-state index in [4.69, 9.17) is 0 Å². The highest BCUT2D eigenvalue weighted by molar-refractivity contribution is 5.27. The van der Waals surface area contributed by atoms with Crippen LogP contribution < -0.4 is 5.32 Å². The third-order valence-electron chi connectivity index (χ3n) is 3.55. The van der Waals surface area contributed by atoms with Crippen molar-refractivity contribution < 1.29 is 4.39 Å². The molecular formula is C16H22FN3. The van der Waals surface area contributed by atoms with Crippen molar-refractivity contribution in [1.29, 1.82) is 0 Å². The Morgan fingerprint density at radius 2 is 2.15 bits per heavy atom. The lowest BCUT2D eigenvalue weighted by Crippen LogP contribution is -2.19. The molecule has 0 amide bonds.